The molecule has 128 valence electrons. The Labute approximate surface area is 150 Å². The fourth-order valence-corrected chi connectivity index (χ4v) is 3.21. The summed E-state index contributed by atoms with van der Waals surface area (Å²) in [6.45, 7) is 4.82. The summed E-state index contributed by atoms with van der Waals surface area (Å²) < 4.78 is 5.91. The van der Waals surface area contributed by atoms with Gasteiger partial charge in [-0.25, -0.2) is 4.98 Å². The highest BCUT2D eigenvalue weighted by atomic mass is 35.5. The van der Waals surface area contributed by atoms with Crippen molar-refractivity contribution in [3.05, 3.63) is 42.4 Å². The van der Waals surface area contributed by atoms with Crippen molar-refractivity contribution < 1.29 is 4.42 Å². The maximum atomic E-state index is 5.94. The highest BCUT2D eigenvalue weighted by molar-refractivity contribution is 5.85. The molecule has 0 amide bonds. The average Bonchev–Trinajstić information content (AvgIpc) is 2.97. The summed E-state index contributed by atoms with van der Waals surface area (Å²) in [5, 5.41) is 0. The van der Waals surface area contributed by atoms with Gasteiger partial charge < -0.3 is 10.2 Å². The number of piperidine rings is 1. The minimum atomic E-state index is 0. The predicted molar refractivity (Wildman–Crippen MR) is 98.1 cm³/mol. The summed E-state index contributed by atoms with van der Waals surface area (Å²) in [5.74, 6) is 2.26. The van der Waals surface area contributed by atoms with Gasteiger partial charge in [0.2, 0.25) is 5.89 Å². The molecule has 2 N–H and O–H groups in total. The van der Waals surface area contributed by atoms with Crippen LogP contribution in [0, 0.1) is 5.92 Å². The summed E-state index contributed by atoms with van der Waals surface area (Å²) in [4.78, 5) is 6.84. The molecular weight excluding hydrogens is 333 g/mol. The molecular formula is C17H25Cl2N3O. The minimum Gasteiger partial charge on any atom is -0.439 e. The predicted octanol–water partition coefficient (Wildman–Crippen LogP) is 3.74. The zero-order valence-electron chi connectivity index (χ0n) is 13.4. The first-order valence-corrected chi connectivity index (χ1v) is 7.72. The van der Waals surface area contributed by atoms with Gasteiger partial charge in [-0.3, -0.25) is 4.90 Å². The van der Waals surface area contributed by atoms with Gasteiger partial charge in [-0.05, 0) is 25.3 Å². The van der Waals surface area contributed by atoms with Crippen molar-refractivity contribution in [2.75, 3.05) is 13.1 Å². The van der Waals surface area contributed by atoms with Crippen molar-refractivity contribution in [2.24, 2.45) is 11.7 Å². The van der Waals surface area contributed by atoms with Crippen LogP contribution >= 0.6 is 24.8 Å². The van der Waals surface area contributed by atoms with E-state index in [2.05, 4.69) is 16.8 Å². The van der Waals surface area contributed by atoms with E-state index in [9.17, 15) is 0 Å². The fourth-order valence-electron chi connectivity index (χ4n) is 3.21. The van der Waals surface area contributed by atoms with Gasteiger partial charge in [0, 0.05) is 18.2 Å². The van der Waals surface area contributed by atoms with Gasteiger partial charge in [-0.2, -0.15) is 0 Å². The van der Waals surface area contributed by atoms with Gasteiger partial charge in [0.05, 0.1) is 12.7 Å². The molecule has 0 radical (unpaired) electrons. The van der Waals surface area contributed by atoms with Gasteiger partial charge >= 0.3 is 0 Å². The Morgan fingerprint density at radius 1 is 1.26 bits per heavy atom. The standard InChI is InChI=1S/C17H23N3O.2ClH/c1-13-6-5-9-20(15(13)10-18)12-17-19-11-16(21-17)14-7-3-2-4-8-14;;/h2-4,7-8,11,13,15H,5-6,9-10,12,18H2,1H3;2*1H. The van der Waals surface area contributed by atoms with Crippen LogP contribution in [0.5, 0.6) is 0 Å². The van der Waals surface area contributed by atoms with Crippen LogP contribution in [0.25, 0.3) is 11.3 Å². The summed E-state index contributed by atoms with van der Waals surface area (Å²) in [5.41, 5.74) is 7.01. The summed E-state index contributed by atoms with van der Waals surface area (Å²) >= 11 is 0. The SMILES string of the molecule is CC1CCCN(Cc2ncc(-c3ccccc3)o2)C1CN.Cl.Cl. The second-order valence-electron chi connectivity index (χ2n) is 5.88. The van der Waals surface area contributed by atoms with Gasteiger partial charge in [0.15, 0.2) is 5.76 Å². The normalized spacial score (nSPS) is 21.3. The molecule has 2 unspecified atom stereocenters. The Morgan fingerprint density at radius 2 is 2.00 bits per heavy atom. The number of aromatic nitrogens is 1. The molecule has 2 atom stereocenters. The molecule has 1 aromatic heterocycles. The topological polar surface area (TPSA) is 55.3 Å². The molecule has 3 rings (SSSR count). The molecule has 1 saturated heterocycles. The van der Waals surface area contributed by atoms with E-state index in [1.165, 1.54) is 12.8 Å². The minimum absolute atomic E-state index is 0. The van der Waals surface area contributed by atoms with E-state index in [4.69, 9.17) is 10.2 Å². The van der Waals surface area contributed by atoms with E-state index in [1.807, 2.05) is 36.5 Å². The van der Waals surface area contributed by atoms with E-state index in [0.717, 1.165) is 30.3 Å². The average molecular weight is 358 g/mol. The lowest BCUT2D eigenvalue weighted by atomic mass is 9.91. The molecule has 23 heavy (non-hydrogen) atoms. The number of halogens is 2. The zero-order valence-corrected chi connectivity index (χ0v) is 15.0. The smallest absolute Gasteiger partial charge is 0.209 e. The van der Waals surface area contributed by atoms with E-state index in [-0.39, 0.29) is 24.8 Å². The van der Waals surface area contributed by atoms with Gasteiger partial charge in [0.1, 0.15) is 0 Å². The van der Waals surface area contributed by atoms with Crippen molar-refractivity contribution in [2.45, 2.75) is 32.4 Å². The molecule has 1 fully saturated rings. The van der Waals surface area contributed by atoms with Gasteiger partial charge in [-0.1, -0.05) is 37.3 Å². The Balaban J connectivity index is 0.00000132. The van der Waals surface area contributed by atoms with Gasteiger partial charge in [-0.15, -0.1) is 24.8 Å². The Hall–Kier alpha value is -1.07. The zero-order chi connectivity index (χ0) is 14.7. The summed E-state index contributed by atoms with van der Waals surface area (Å²) in [7, 11) is 0. The molecule has 0 saturated carbocycles. The van der Waals surface area contributed by atoms with Crippen LogP contribution in [0.15, 0.2) is 40.9 Å². The summed E-state index contributed by atoms with van der Waals surface area (Å²) in [6.07, 6.45) is 4.30. The molecule has 0 bridgehead atoms. The van der Waals surface area contributed by atoms with E-state index < -0.39 is 0 Å². The fraction of sp³-hybridized carbons (Fsp3) is 0.471. The quantitative estimate of drug-likeness (QED) is 0.905. The second kappa shape index (κ2) is 9.28. The van der Waals surface area contributed by atoms with Crippen LogP contribution in [-0.4, -0.2) is 29.0 Å². The molecule has 1 aromatic carbocycles. The summed E-state index contributed by atoms with van der Waals surface area (Å²) in [6, 6.07) is 10.5. The molecule has 6 heteroatoms. The van der Waals surface area contributed by atoms with Crippen molar-refractivity contribution >= 4 is 24.8 Å². The van der Waals surface area contributed by atoms with Crippen LogP contribution in [0.2, 0.25) is 0 Å². The first kappa shape index (κ1) is 20.0. The van der Waals surface area contributed by atoms with Crippen LogP contribution in [0.3, 0.4) is 0 Å². The number of likely N-dealkylation sites (tertiary alicyclic amines) is 1. The van der Waals surface area contributed by atoms with Crippen molar-refractivity contribution in [3.8, 4) is 11.3 Å². The molecule has 4 nitrogen and oxygen atoms in total. The lowest BCUT2D eigenvalue weighted by Crippen LogP contribution is -2.48. The van der Waals surface area contributed by atoms with Crippen molar-refractivity contribution in [1.82, 2.24) is 9.88 Å². The number of hydrogen-bond donors (Lipinski definition) is 1. The molecule has 0 spiro atoms. The number of benzene rings is 1. The molecule has 2 heterocycles. The van der Waals surface area contributed by atoms with E-state index >= 15 is 0 Å². The van der Waals surface area contributed by atoms with Gasteiger partial charge in [0.25, 0.3) is 0 Å². The van der Waals surface area contributed by atoms with E-state index in [1.54, 1.807) is 0 Å². The highest BCUT2D eigenvalue weighted by Crippen LogP contribution is 2.25. The Morgan fingerprint density at radius 3 is 2.70 bits per heavy atom. The third-order valence-corrected chi connectivity index (χ3v) is 4.42. The largest absolute Gasteiger partial charge is 0.439 e. The number of hydrogen-bond acceptors (Lipinski definition) is 4. The maximum Gasteiger partial charge on any atom is 0.209 e. The first-order chi connectivity index (χ1) is 10.3. The first-order valence-electron chi connectivity index (χ1n) is 7.72. The molecule has 0 aliphatic carbocycles. The number of oxazole rings is 1. The van der Waals surface area contributed by atoms with Crippen molar-refractivity contribution in [1.29, 1.82) is 0 Å². The Kier molecular flexibility index (Phi) is 8.06. The van der Waals surface area contributed by atoms with Crippen LogP contribution in [0.1, 0.15) is 25.7 Å². The number of nitrogens with zero attached hydrogens (tertiary/aromatic N) is 2. The third kappa shape index (κ3) is 4.70. The lowest BCUT2D eigenvalue weighted by Gasteiger charge is -2.38. The number of nitrogens with two attached hydrogens (primary N) is 1. The van der Waals surface area contributed by atoms with Crippen LogP contribution < -0.4 is 5.73 Å². The molecule has 1 aliphatic heterocycles. The lowest BCUT2D eigenvalue weighted by molar-refractivity contribution is 0.0901. The molecule has 1 aliphatic rings. The third-order valence-electron chi connectivity index (χ3n) is 4.42. The highest BCUT2D eigenvalue weighted by Gasteiger charge is 2.28. The van der Waals surface area contributed by atoms with Crippen LogP contribution in [-0.2, 0) is 6.54 Å². The van der Waals surface area contributed by atoms with Crippen molar-refractivity contribution in [3.63, 3.8) is 0 Å². The Bertz CT molecular complexity index is 576. The second-order valence-corrected chi connectivity index (χ2v) is 5.88. The number of rotatable bonds is 4. The van der Waals surface area contributed by atoms with E-state index in [0.29, 0.717) is 18.5 Å². The monoisotopic (exact) mass is 357 g/mol. The van der Waals surface area contributed by atoms with Crippen LogP contribution in [0.4, 0.5) is 0 Å². The molecule has 2 aromatic rings. The maximum absolute atomic E-state index is 5.94.